The fourth-order valence-corrected chi connectivity index (χ4v) is 4.17. The lowest BCUT2D eigenvalue weighted by atomic mass is 9.87. The van der Waals surface area contributed by atoms with E-state index in [2.05, 4.69) is 58.7 Å². The van der Waals surface area contributed by atoms with Crippen molar-refractivity contribution in [3.8, 4) is 0 Å². The minimum absolute atomic E-state index is 0.00950. The molecule has 0 saturated heterocycles. The standard InChI is InChI=1S/C28H34N2O2/c1-30(27(19-21-31)28(32)29-22-23-12-5-2-6-13-23)20-11-18-26(24-14-7-3-8-15-24)25-16-9-4-10-17-25/h2-10,12-17,26-27,31H,11,18-22H2,1H3,(H,29,32). The second-order valence-electron chi connectivity index (χ2n) is 8.23. The average molecular weight is 431 g/mol. The highest BCUT2D eigenvalue weighted by Gasteiger charge is 2.23. The molecule has 0 saturated carbocycles. The first kappa shape index (κ1) is 23.7. The van der Waals surface area contributed by atoms with Crippen LogP contribution in [0.5, 0.6) is 0 Å². The van der Waals surface area contributed by atoms with Crippen LogP contribution in [-0.4, -0.2) is 42.2 Å². The Morgan fingerprint density at radius 1 is 0.844 bits per heavy atom. The van der Waals surface area contributed by atoms with Crippen molar-refractivity contribution < 1.29 is 9.90 Å². The van der Waals surface area contributed by atoms with Gasteiger partial charge in [0.15, 0.2) is 0 Å². The number of aliphatic hydroxyl groups excluding tert-OH is 1. The van der Waals surface area contributed by atoms with Crippen LogP contribution in [0.3, 0.4) is 0 Å². The highest BCUT2D eigenvalue weighted by molar-refractivity contribution is 5.81. The molecule has 0 radical (unpaired) electrons. The second-order valence-corrected chi connectivity index (χ2v) is 8.23. The van der Waals surface area contributed by atoms with Crippen LogP contribution in [0.25, 0.3) is 0 Å². The highest BCUT2D eigenvalue weighted by atomic mass is 16.3. The summed E-state index contributed by atoms with van der Waals surface area (Å²) in [5.41, 5.74) is 3.70. The summed E-state index contributed by atoms with van der Waals surface area (Å²) < 4.78 is 0. The van der Waals surface area contributed by atoms with Crippen LogP contribution in [0, 0.1) is 0 Å². The molecule has 0 aliphatic carbocycles. The zero-order valence-corrected chi connectivity index (χ0v) is 18.9. The summed E-state index contributed by atoms with van der Waals surface area (Å²) in [4.78, 5) is 14.9. The topological polar surface area (TPSA) is 52.6 Å². The van der Waals surface area contributed by atoms with Crippen molar-refractivity contribution in [2.45, 2.75) is 37.8 Å². The molecule has 4 nitrogen and oxygen atoms in total. The molecule has 4 heteroatoms. The SMILES string of the molecule is CN(CCCC(c1ccccc1)c1ccccc1)C(CCO)C(=O)NCc1ccccc1. The third kappa shape index (κ3) is 7.04. The van der Waals surface area contributed by atoms with Crippen LogP contribution in [0.2, 0.25) is 0 Å². The Kier molecular flexibility index (Phi) is 9.48. The minimum Gasteiger partial charge on any atom is -0.396 e. The van der Waals surface area contributed by atoms with Crippen LogP contribution in [0.4, 0.5) is 0 Å². The van der Waals surface area contributed by atoms with E-state index in [9.17, 15) is 9.90 Å². The molecule has 2 N–H and O–H groups in total. The third-order valence-corrected chi connectivity index (χ3v) is 5.95. The fraction of sp³-hybridized carbons (Fsp3) is 0.321. The van der Waals surface area contributed by atoms with Crippen molar-refractivity contribution in [3.05, 3.63) is 108 Å². The van der Waals surface area contributed by atoms with Gasteiger partial charge in [-0.15, -0.1) is 0 Å². The van der Waals surface area contributed by atoms with E-state index in [0.29, 0.717) is 18.9 Å². The van der Waals surface area contributed by atoms with E-state index in [1.165, 1.54) is 11.1 Å². The zero-order chi connectivity index (χ0) is 22.6. The summed E-state index contributed by atoms with van der Waals surface area (Å²) in [6.45, 7) is 1.28. The Labute approximate surface area is 191 Å². The molecule has 0 aliphatic rings. The molecule has 1 unspecified atom stereocenters. The molecule has 0 aliphatic heterocycles. The van der Waals surface area contributed by atoms with Crippen molar-refractivity contribution in [2.75, 3.05) is 20.2 Å². The van der Waals surface area contributed by atoms with E-state index >= 15 is 0 Å². The third-order valence-electron chi connectivity index (χ3n) is 5.95. The largest absolute Gasteiger partial charge is 0.396 e. The van der Waals surface area contributed by atoms with Crippen LogP contribution in [-0.2, 0) is 11.3 Å². The molecule has 32 heavy (non-hydrogen) atoms. The summed E-state index contributed by atoms with van der Waals surface area (Å²) in [7, 11) is 1.97. The van der Waals surface area contributed by atoms with Crippen LogP contribution in [0.15, 0.2) is 91.0 Å². The maximum atomic E-state index is 12.8. The molecule has 168 valence electrons. The lowest BCUT2D eigenvalue weighted by Crippen LogP contribution is -2.45. The van der Waals surface area contributed by atoms with E-state index in [1.54, 1.807) is 0 Å². The Balaban J connectivity index is 1.58. The van der Waals surface area contributed by atoms with Gasteiger partial charge in [0.05, 0.1) is 6.04 Å². The van der Waals surface area contributed by atoms with E-state index < -0.39 is 0 Å². The first-order valence-electron chi connectivity index (χ1n) is 11.4. The van der Waals surface area contributed by atoms with Gasteiger partial charge in [-0.2, -0.15) is 0 Å². The predicted molar refractivity (Wildman–Crippen MR) is 130 cm³/mol. The summed E-state index contributed by atoms with van der Waals surface area (Å²) >= 11 is 0. The smallest absolute Gasteiger partial charge is 0.237 e. The molecule has 3 aromatic rings. The van der Waals surface area contributed by atoms with Gasteiger partial charge in [-0.05, 0) is 49.5 Å². The maximum Gasteiger partial charge on any atom is 0.237 e. The van der Waals surface area contributed by atoms with Crippen LogP contribution < -0.4 is 5.32 Å². The molecular formula is C28H34N2O2. The zero-order valence-electron chi connectivity index (χ0n) is 18.9. The van der Waals surface area contributed by atoms with Crippen LogP contribution >= 0.6 is 0 Å². The number of benzene rings is 3. The van der Waals surface area contributed by atoms with Gasteiger partial charge in [0.2, 0.25) is 5.91 Å². The van der Waals surface area contributed by atoms with Gasteiger partial charge in [-0.1, -0.05) is 91.0 Å². The number of rotatable bonds is 12. The predicted octanol–water partition coefficient (Wildman–Crippen LogP) is 4.60. The van der Waals surface area contributed by atoms with Gasteiger partial charge >= 0.3 is 0 Å². The number of hydrogen-bond acceptors (Lipinski definition) is 3. The first-order valence-corrected chi connectivity index (χ1v) is 11.4. The Bertz CT molecular complexity index is 876. The molecule has 1 amide bonds. The van der Waals surface area contributed by atoms with E-state index in [4.69, 9.17) is 0 Å². The summed E-state index contributed by atoms with van der Waals surface area (Å²) in [5.74, 6) is 0.294. The summed E-state index contributed by atoms with van der Waals surface area (Å²) in [6, 6.07) is 30.8. The number of hydrogen-bond donors (Lipinski definition) is 2. The molecule has 3 rings (SSSR count). The van der Waals surface area contributed by atoms with Gasteiger partial charge in [-0.25, -0.2) is 0 Å². The van der Waals surface area contributed by atoms with Crippen molar-refractivity contribution in [2.24, 2.45) is 0 Å². The molecule has 1 atom stereocenters. The average Bonchev–Trinajstić information content (AvgIpc) is 2.85. The highest BCUT2D eigenvalue weighted by Crippen LogP contribution is 2.29. The molecule has 3 aromatic carbocycles. The van der Waals surface area contributed by atoms with E-state index in [-0.39, 0.29) is 18.6 Å². The molecule has 0 heterocycles. The van der Waals surface area contributed by atoms with Crippen molar-refractivity contribution in [1.29, 1.82) is 0 Å². The summed E-state index contributed by atoms with van der Waals surface area (Å²) in [5, 5.41) is 12.5. The van der Waals surface area contributed by atoms with E-state index in [0.717, 1.165) is 24.9 Å². The Morgan fingerprint density at radius 2 is 1.38 bits per heavy atom. The number of amides is 1. The van der Waals surface area contributed by atoms with Crippen molar-refractivity contribution in [1.82, 2.24) is 10.2 Å². The van der Waals surface area contributed by atoms with Gasteiger partial charge in [0.25, 0.3) is 0 Å². The van der Waals surface area contributed by atoms with Gasteiger partial charge < -0.3 is 10.4 Å². The lowest BCUT2D eigenvalue weighted by molar-refractivity contribution is -0.126. The number of nitrogens with zero attached hydrogens (tertiary/aromatic N) is 1. The number of carbonyl (C=O) groups is 1. The Morgan fingerprint density at radius 3 is 1.91 bits per heavy atom. The number of likely N-dealkylation sites (N-methyl/N-ethyl adjacent to an activating group) is 1. The number of nitrogens with one attached hydrogen (secondary N) is 1. The second kappa shape index (κ2) is 12.8. The summed E-state index contributed by atoms with van der Waals surface area (Å²) in [6.07, 6.45) is 2.38. The molecule has 0 spiro atoms. The van der Waals surface area contributed by atoms with Gasteiger partial charge in [-0.3, -0.25) is 9.69 Å². The number of aliphatic hydroxyl groups is 1. The fourth-order valence-electron chi connectivity index (χ4n) is 4.17. The first-order chi connectivity index (χ1) is 15.7. The van der Waals surface area contributed by atoms with Crippen molar-refractivity contribution in [3.63, 3.8) is 0 Å². The lowest BCUT2D eigenvalue weighted by Gasteiger charge is -2.27. The monoisotopic (exact) mass is 430 g/mol. The van der Waals surface area contributed by atoms with Crippen LogP contribution in [0.1, 0.15) is 41.9 Å². The Hall–Kier alpha value is -2.95. The molecule has 0 bridgehead atoms. The maximum absolute atomic E-state index is 12.8. The van der Waals surface area contributed by atoms with Crippen molar-refractivity contribution >= 4 is 5.91 Å². The minimum atomic E-state index is -0.337. The molecular weight excluding hydrogens is 396 g/mol. The molecule has 0 aromatic heterocycles. The van der Waals surface area contributed by atoms with Gasteiger partial charge in [0, 0.05) is 19.1 Å². The number of carbonyl (C=O) groups excluding carboxylic acids is 1. The normalized spacial score (nSPS) is 12.1. The van der Waals surface area contributed by atoms with Gasteiger partial charge in [0.1, 0.15) is 0 Å². The van der Waals surface area contributed by atoms with E-state index in [1.807, 2.05) is 49.5 Å². The quantitative estimate of drug-likeness (QED) is 0.442. The molecule has 0 fully saturated rings.